The highest BCUT2D eigenvalue weighted by molar-refractivity contribution is 6.35. The van der Waals surface area contributed by atoms with Gasteiger partial charge in [-0.3, -0.25) is 9.59 Å². The highest BCUT2D eigenvalue weighted by Crippen LogP contribution is 2.01. The van der Waals surface area contributed by atoms with Gasteiger partial charge in [-0.1, -0.05) is 6.92 Å². The number of nitrogens with one attached hydrogen (secondary N) is 1. The lowest BCUT2D eigenvalue weighted by Crippen LogP contribution is -2.52. The number of likely N-dealkylation sites (N-methyl/N-ethyl adjacent to an activating group) is 1. The Labute approximate surface area is 113 Å². The molecule has 0 spiro atoms. The third kappa shape index (κ3) is 5.54. The second-order valence-electron chi connectivity index (χ2n) is 4.32. The van der Waals surface area contributed by atoms with Crippen LogP contribution in [0, 0.1) is 0 Å². The number of nitrogens with zero attached hydrogens (tertiary/aromatic N) is 2. The Balaban J connectivity index is 2.19. The molecule has 1 heterocycles. The van der Waals surface area contributed by atoms with Crippen LogP contribution in [0.2, 0.25) is 0 Å². The fraction of sp³-hybridized carbons (Fsp3) is 0.833. The molecule has 0 atom stereocenters. The van der Waals surface area contributed by atoms with Crippen LogP contribution in [0.5, 0.6) is 0 Å². The monoisotopic (exact) mass is 273 g/mol. The first-order valence-electron chi connectivity index (χ1n) is 6.67. The summed E-state index contributed by atoms with van der Waals surface area (Å²) in [4.78, 5) is 27.3. The minimum Gasteiger partial charge on any atom is -0.394 e. The molecule has 0 radical (unpaired) electrons. The number of aliphatic hydroxyl groups excluding tert-OH is 1. The Hall–Kier alpha value is -1.18. The first-order valence-corrected chi connectivity index (χ1v) is 6.67. The largest absolute Gasteiger partial charge is 0.394 e. The third-order valence-electron chi connectivity index (χ3n) is 3.07. The summed E-state index contributed by atoms with van der Waals surface area (Å²) in [6.45, 7) is 6.64. The second-order valence-corrected chi connectivity index (χ2v) is 4.32. The minimum atomic E-state index is -0.586. The molecule has 0 aromatic heterocycles. The molecule has 2 amide bonds. The third-order valence-corrected chi connectivity index (χ3v) is 3.07. The lowest BCUT2D eigenvalue weighted by molar-refractivity contribution is -0.147. The number of carbonyl (C=O) groups is 2. The van der Waals surface area contributed by atoms with Crippen molar-refractivity contribution in [3.05, 3.63) is 0 Å². The number of aliphatic hydroxyl groups is 1. The molecule has 0 bridgehead atoms. The highest BCUT2D eigenvalue weighted by atomic mass is 16.5. The van der Waals surface area contributed by atoms with Gasteiger partial charge in [0.15, 0.2) is 0 Å². The Morgan fingerprint density at radius 1 is 1.21 bits per heavy atom. The van der Waals surface area contributed by atoms with E-state index in [0.717, 1.165) is 19.6 Å². The zero-order valence-electron chi connectivity index (χ0n) is 11.4. The van der Waals surface area contributed by atoms with Crippen molar-refractivity contribution >= 4 is 11.8 Å². The molecule has 0 aliphatic carbocycles. The van der Waals surface area contributed by atoms with E-state index in [9.17, 15) is 9.59 Å². The summed E-state index contributed by atoms with van der Waals surface area (Å²) >= 11 is 0. The number of carbonyl (C=O) groups excluding carboxylic acids is 2. The summed E-state index contributed by atoms with van der Waals surface area (Å²) < 4.78 is 4.99. The van der Waals surface area contributed by atoms with E-state index < -0.39 is 11.8 Å². The molecule has 2 N–H and O–H groups in total. The van der Waals surface area contributed by atoms with E-state index in [1.807, 2.05) is 0 Å². The molecular formula is C12H23N3O4. The quantitative estimate of drug-likeness (QED) is 0.444. The van der Waals surface area contributed by atoms with Gasteiger partial charge in [-0.2, -0.15) is 0 Å². The molecule has 7 heteroatoms. The zero-order valence-corrected chi connectivity index (χ0v) is 11.4. The summed E-state index contributed by atoms with van der Waals surface area (Å²) in [5, 5.41) is 11.0. The average molecular weight is 273 g/mol. The van der Waals surface area contributed by atoms with Gasteiger partial charge >= 0.3 is 11.8 Å². The van der Waals surface area contributed by atoms with Crippen LogP contribution in [-0.4, -0.2) is 85.8 Å². The van der Waals surface area contributed by atoms with Crippen LogP contribution in [0.1, 0.15) is 6.92 Å². The second kappa shape index (κ2) is 8.84. The van der Waals surface area contributed by atoms with Gasteiger partial charge in [0.1, 0.15) is 0 Å². The van der Waals surface area contributed by atoms with E-state index in [0.29, 0.717) is 19.7 Å². The lowest BCUT2D eigenvalue weighted by atomic mass is 10.3. The Morgan fingerprint density at radius 2 is 1.89 bits per heavy atom. The molecule has 1 rings (SSSR count). The smallest absolute Gasteiger partial charge is 0.311 e. The first-order chi connectivity index (χ1) is 9.19. The summed E-state index contributed by atoms with van der Waals surface area (Å²) in [7, 11) is 0. The summed E-state index contributed by atoms with van der Waals surface area (Å²) in [5.74, 6) is -1.06. The number of amides is 2. The van der Waals surface area contributed by atoms with Crippen molar-refractivity contribution in [3.63, 3.8) is 0 Å². The van der Waals surface area contributed by atoms with Gasteiger partial charge in [0.05, 0.1) is 19.8 Å². The average Bonchev–Trinajstić information content (AvgIpc) is 2.46. The van der Waals surface area contributed by atoms with Gasteiger partial charge in [0.2, 0.25) is 0 Å². The standard InChI is InChI=1S/C12H23N3O4/c1-2-14-4-6-15(7-5-14)12(18)11(17)13-3-9-19-10-8-16/h16H,2-10H2,1H3,(H,13,17). The van der Waals surface area contributed by atoms with Crippen molar-refractivity contribution in [1.29, 1.82) is 0 Å². The predicted molar refractivity (Wildman–Crippen MR) is 69.6 cm³/mol. The van der Waals surface area contributed by atoms with Gasteiger partial charge in [-0.15, -0.1) is 0 Å². The van der Waals surface area contributed by atoms with Crippen LogP contribution in [-0.2, 0) is 14.3 Å². The Bertz CT molecular complexity index is 291. The van der Waals surface area contributed by atoms with Crippen LogP contribution in [0.25, 0.3) is 0 Å². The molecule has 1 aliphatic heterocycles. The van der Waals surface area contributed by atoms with Crippen molar-refractivity contribution in [2.75, 3.05) is 59.1 Å². The topological polar surface area (TPSA) is 82.1 Å². The first kappa shape index (κ1) is 15.9. The van der Waals surface area contributed by atoms with Crippen LogP contribution in [0.4, 0.5) is 0 Å². The van der Waals surface area contributed by atoms with E-state index in [1.54, 1.807) is 4.90 Å². The highest BCUT2D eigenvalue weighted by Gasteiger charge is 2.24. The number of piperazine rings is 1. The van der Waals surface area contributed by atoms with Crippen molar-refractivity contribution in [1.82, 2.24) is 15.1 Å². The van der Waals surface area contributed by atoms with Crippen LogP contribution in [0.3, 0.4) is 0 Å². The Morgan fingerprint density at radius 3 is 2.47 bits per heavy atom. The van der Waals surface area contributed by atoms with Crippen LogP contribution in [0.15, 0.2) is 0 Å². The summed E-state index contributed by atoms with van der Waals surface area (Å²) in [6.07, 6.45) is 0. The van der Waals surface area contributed by atoms with Gasteiger partial charge in [-0.25, -0.2) is 0 Å². The molecule has 0 aromatic carbocycles. The Kier molecular flexibility index (Phi) is 7.39. The fourth-order valence-corrected chi connectivity index (χ4v) is 1.89. The molecule has 1 aliphatic rings. The molecule has 0 unspecified atom stereocenters. The lowest BCUT2D eigenvalue weighted by Gasteiger charge is -2.33. The maximum absolute atomic E-state index is 11.8. The van der Waals surface area contributed by atoms with Crippen LogP contribution < -0.4 is 5.32 Å². The summed E-state index contributed by atoms with van der Waals surface area (Å²) in [5.41, 5.74) is 0. The molecule has 110 valence electrons. The summed E-state index contributed by atoms with van der Waals surface area (Å²) in [6, 6.07) is 0. The van der Waals surface area contributed by atoms with E-state index >= 15 is 0 Å². The van der Waals surface area contributed by atoms with Crippen LogP contribution >= 0.6 is 0 Å². The number of hydrogen-bond acceptors (Lipinski definition) is 5. The molecule has 1 saturated heterocycles. The maximum atomic E-state index is 11.8. The fourth-order valence-electron chi connectivity index (χ4n) is 1.89. The molecule has 0 aromatic rings. The maximum Gasteiger partial charge on any atom is 0.311 e. The van der Waals surface area contributed by atoms with Crippen molar-refractivity contribution in [3.8, 4) is 0 Å². The number of hydrogen-bond donors (Lipinski definition) is 2. The van der Waals surface area contributed by atoms with Gasteiger partial charge in [-0.05, 0) is 6.54 Å². The van der Waals surface area contributed by atoms with Gasteiger partial charge in [0.25, 0.3) is 0 Å². The van der Waals surface area contributed by atoms with Gasteiger partial charge < -0.3 is 25.0 Å². The zero-order chi connectivity index (χ0) is 14.1. The molecule has 0 saturated carbocycles. The van der Waals surface area contributed by atoms with E-state index in [4.69, 9.17) is 9.84 Å². The van der Waals surface area contributed by atoms with Crippen molar-refractivity contribution in [2.45, 2.75) is 6.92 Å². The van der Waals surface area contributed by atoms with Crippen molar-refractivity contribution in [2.24, 2.45) is 0 Å². The van der Waals surface area contributed by atoms with Crippen molar-refractivity contribution < 1.29 is 19.4 Å². The molecule has 7 nitrogen and oxygen atoms in total. The molecule has 19 heavy (non-hydrogen) atoms. The van der Waals surface area contributed by atoms with Gasteiger partial charge in [0, 0.05) is 32.7 Å². The van der Waals surface area contributed by atoms with E-state index in [2.05, 4.69) is 17.1 Å². The predicted octanol–water partition coefficient (Wildman–Crippen LogP) is -1.72. The normalized spacial score (nSPS) is 16.4. The van der Waals surface area contributed by atoms with E-state index in [1.165, 1.54) is 0 Å². The molecule has 1 fully saturated rings. The number of ether oxygens (including phenoxy) is 1. The van der Waals surface area contributed by atoms with E-state index in [-0.39, 0.29) is 19.8 Å². The molecular weight excluding hydrogens is 250 g/mol. The SMILES string of the molecule is CCN1CCN(C(=O)C(=O)NCCOCCO)CC1. The minimum absolute atomic E-state index is 0.0470. The number of rotatable bonds is 6.